The van der Waals surface area contributed by atoms with Crippen LogP contribution in [0.5, 0.6) is 0 Å². The van der Waals surface area contributed by atoms with Gasteiger partial charge in [-0.05, 0) is 37.5 Å². The van der Waals surface area contributed by atoms with Gasteiger partial charge < -0.3 is 20.8 Å². The minimum Gasteiger partial charge on any atom is -0.382 e. The van der Waals surface area contributed by atoms with Gasteiger partial charge in [0, 0.05) is 13.2 Å². The summed E-state index contributed by atoms with van der Waals surface area (Å²) in [5, 5.41) is 2.84. The van der Waals surface area contributed by atoms with Crippen molar-refractivity contribution in [3.8, 4) is 11.5 Å². The number of hydrogen-bond donors (Lipinski definition) is 3. The van der Waals surface area contributed by atoms with Crippen LogP contribution in [0.4, 0.5) is 5.82 Å². The summed E-state index contributed by atoms with van der Waals surface area (Å²) in [6.07, 6.45) is 3.42. The molecule has 1 saturated heterocycles. The molecule has 1 fully saturated rings. The van der Waals surface area contributed by atoms with Crippen LogP contribution in [-0.4, -0.2) is 45.1 Å². The van der Waals surface area contributed by atoms with Crippen LogP contribution in [-0.2, 0) is 4.74 Å². The maximum atomic E-state index is 12.4. The third-order valence-corrected chi connectivity index (χ3v) is 4.41. The number of H-pyrrole nitrogens is 1. The number of aromatic nitrogens is 4. The molecule has 1 amide bonds. The van der Waals surface area contributed by atoms with Crippen molar-refractivity contribution in [2.45, 2.75) is 25.9 Å². The highest BCUT2D eigenvalue weighted by Crippen LogP contribution is 2.23. The van der Waals surface area contributed by atoms with E-state index in [1.165, 1.54) is 6.20 Å². The Bertz CT molecular complexity index is 961. The van der Waals surface area contributed by atoms with Crippen molar-refractivity contribution in [3.05, 3.63) is 35.7 Å². The van der Waals surface area contributed by atoms with Crippen molar-refractivity contribution >= 4 is 22.8 Å². The summed E-state index contributed by atoms with van der Waals surface area (Å²) in [6.45, 7) is 3.22. The SMILES string of the molecule is Cc1ccc2nc(-c3nc(C(=O)NCC4CCCO4)cnc3N)[nH]c2c1. The fourth-order valence-electron chi connectivity index (χ4n) is 3.02. The van der Waals surface area contributed by atoms with E-state index in [0.29, 0.717) is 18.1 Å². The number of aryl methyl sites for hydroxylation is 1. The van der Waals surface area contributed by atoms with Crippen LogP contribution in [0.15, 0.2) is 24.4 Å². The first kappa shape index (κ1) is 16.5. The number of carbonyl (C=O) groups excluding carboxylic acids is 1. The van der Waals surface area contributed by atoms with Crippen LogP contribution in [0, 0.1) is 6.92 Å². The Morgan fingerprint density at radius 3 is 3.12 bits per heavy atom. The number of hydrogen-bond acceptors (Lipinski definition) is 6. The number of nitrogens with zero attached hydrogens (tertiary/aromatic N) is 3. The van der Waals surface area contributed by atoms with Gasteiger partial charge in [-0.15, -0.1) is 0 Å². The van der Waals surface area contributed by atoms with E-state index >= 15 is 0 Å². The zero-order chi connectivity index (χ0) is 18.1. The number of nitrogen functional groups attached to an aromatic ring is 1. The average Bonchev–Trinajstić information content (AvgIpc) is 3.29. The summed E-state index contributed by atoms with van der Waals surface area (Å²) in [6, 6.07) is 5.90. The second-order valence-corrected chi connectivity index (χ2v) is 6.44. The van der Waals surface area contributed by atoms with E-state index in [2.05, 4.69) is 25.3 Å². The molecule has 1 aliphatic rings. The Balaban J connectivity index is 1.59. The molecular formula is C18H20N6O2. The third-order valence-electron chi connectivity index (χ3n) is 4.41. The summed E-state index contributed by atoms with van der Waals surface area (Å²) < 4.78 is 5.51. The van der Waals surface area contributed by atoms with Crippen LogP contribution < -0.4 is 11.1 Å². The lowest BCUT2D eigenvalue weighted by atomic mass is 10.2. The lowest BCUT2D eigenvalue weighted by molar-refractivity contribution is 0.0853. The van der Waals surface area contributed by atoms with Crippen molar-refractivity contribution in [3.63, 3.8) is 0 Å². The molecule has 1 aromatic carbocycles. The zero-order valence-corrected chi connectivity index (χ0v) is 14.5. The Morgan fingerprint density at radius 2 is 2.31 bits per heavy atom. The second kappa shape index (κ2) is 6.72. The van der Waals surface area contributed by atoms with Gasteiger partial charge in [0.15, 0.2) is 11.6 Å². The summed E-state index contributed by atoms with van der Waals surface area (Å²) >= 11 is 0. The Labute approximate surface area is 150 Å². The molecule has 3 heterocycles. The summed E-state index contributed by atoms with van der Waals surface area (Å²) in [7, 11) is 0. The third kappa shape index (κ3) is 3.23. The number of fused-ring (bicyclic) bond motifs is 1. The van der Waals surface area contributed by atoms with E-state index in [-0.39, 0.29) is 23.5 Å². The van der Waals surface area contributed by atoms with E-state index in [4.69, 9.17) is 10.5 Å². The highest BCUT2D eigenvalue weighted by Gasteiger charge is 2.19. The molecule has 8 nitrogen and oxygen atoms in total. The quantitative estimate of drug-likeness (QED) is 0.659. The number of nitrogens with two attached hydrogens (primary N) is 1. The molecule has 4 rings (SSSR count). The lowest BCUT2D eigenvalue weighted by Gasteiger charge is -2.10. The number of imidazole rings is 1. The lowest BCUT2D eigenvalue weighted by Crippen LogP contribution is -2.32. The van der Waals surface area contributed by atoms with Crippen molar-refractivity contribution in [2.24, 2.45) is 0 Å². The minimum atomic E-state index is -0.304. The van der Waals surface area contributed by atoms with Gasteiger partial charge in [-0.1, -0.05) is 6.07 Å². The van der Waals surface area contributed by atoms with Gasteiger partial charge in [0.2, 0.25) is 0 Å². The number of benzene rings is 1. The molecule has 3 aromatic rings. The standard InChI is InChI=1S/C18H20N6O2/c1-10-4-5-12-13(7-10)24-17(23-12)15-16(19)20-9-14(22-15)18(25)21-8-11-3-2-6-26-11/h4-5,7,9,11H,2-3,6,8H2,1H3,(H2,19,20)(H,21,25)(H,23,24). The van der Waals surface area contributed by atoms with Crippen molar-refractivity contribution in [1.82, 2.24) is 25.3 Å². The Hall–Kier alpha value is -3.00. The molecule has 1 atom stereocenters. The highest BCUT2D eigenvalue weighted by atomic mass is 16.5. The Kier molecular flexibility index (Phi) is 4.26. The maximum Gasteiger partial charge on any atom is 0.271 e. The second-order valence-electron chi connectivity index (χ2n) is 6.44. The summed E-state index contributed by atoms with van der Waals surface area (Å²) in [5.74, 6) is 0.405. The molecule has 2 aromatic heterocycles. The van der Waals surface area contributed by atoms with Crippen LogP contribution in [0.1, 0.15) is 28.9 Å². The molecule has 4 N–H and O–H groups in total. The molecular weight excluding hydrogens is 332 g/mol. The smallest absolute Gasteiger partial charge is 0.271 e. The summed E-state index contributed by atoms with van der Waals surface area (Å²) in [5.41, 5.74) is 9.33. The van der Waals surface area contributed by atoms with Gasteiger partial charge in [0.05, 0.1) is 23.3 Å². The molecule has 1 unspecified atom stereocenters. The first-order valence-corrected chi connectivity index (χ1v) is 8.59. The number of ether oxygens (including phenoxy) is 1. The zero-order valence-electron chi connectivity index (χ0n) is 14.5. The van der Waals surface area contributed by atoms with Gasteiger partial charge in [-0.25, -0.2) is 15.0 Å². The fraction of sp³-hybridized carbons (Fsp3) is 0.333. The van der Waals surface area contributed by atoms with Crippen molar-refractivity contribution in [1.29, 1.82) is 0 Å². The number of aromatic amines is 1. The molecule has 0 aliphatic carbocycles. The molecule has 0 spiro atoms. The molecule has 0 radical (unpaired) electrons. The van der Waals surface area contributed by atoms with Gasteiger partial charge >= 0.3 is 0 Å². The van der Waals surface area contributed by atoms with E-state index < -0.39 is 0 Å². The number of nitrogens with one attached hydrogen (secondary N) is 2. The molecule has 0 saturated carbocycles. The first-order valence-electron chi connectivity index (χ1n) is 8.59. The van der Waals surface area contributed by atoms with Gasteiger partial charge in [-0.3, -0.25) is 4.79 Å². The number of amides is 1. The molecule has 134 valence electrons. The molecule has 0 bridgehead atoms. The molecule has 26 heavy (non-hydrogen) atoms. The normalized spacial score (nSPS) is 16.9. The van der Waals surface area contributed by atoms with Gasteiger partial charge in [0.1, 0.15) is 11.4 Å². The predicted octanol–water partition coefficient (Wildman–Crippen LogP) is 1.82. The topological polar surface area (TPSA) is 119 Å². The number of anilines is 1. The minimum absolute atomic E-state index is 0.0683. The van der Waals surface area contributed by atoms with Crippen molar-refractivity contribution in [2.75, 3.05) is 18.9 Å². The molecule has 8 heteroatoms. The maximum absolute atomic E-state index is 12.4. The van der Waals surface area contributed by atoms with Crippen LogP contribution in [0.3, 0.4) is 0 Å². The van der Waals surface area contributed by atoms with E-state index in [0.717, 1.165) is 36.0 Å². The van der Waals surface area contributed by atoms with Crippen LogP contribution >= 0.6 is 0 Å². The predicted molar refractivity (Wildman–Crippen MR) is 97.6 cm³/mol. The number of carbonyl (C=O) groups is 1. The van der Waals surface area contributed by atoms with E-state index in [1.807, 2.05) is 25.1 Å². The van der Waals surface area contributed by atoms with Crippen LogP contribution in [0.2, 0.25) is 0 Å². The average molecular weight is 352 g/mol. The van der Waals surface area contributed by atoms with Crippen molar-refractivity contribution < 1.29 is 9.53 Å². The Morgan fingerprint density at radius 1 is 1.42 bits per heavy atom. The first-order chi connectivity index (χ1) is 12.6. The van der Waals surface area contributed by atoms with Gasteiger partial charge in [0.25, 0.3) is 5.91 Å². The van der Waals surface area contributed by atoms with Crippen LogP contribution in [0.25, 0.3) is 22.6 Å². The van der Waals surface area contributed by atoms with E-state index in [9.17, 15) is 4.79 Å². The van der Waals surface area contributed by atoms with Gasteiger partial charge in [-0.2, -0.15) is 0 Å². The highest BCUT2D eigenvalue weighted by molar-refractivity contribution is 5.93. The fourth-order valence-corrected chi connectivity index (χ4v) is 3.02. The monoisotopic (exact) mass is 352 g/mol. The van der Waals surface area contributed by atoms with E-state index in [1.54, 1.807) is 0 Å². The summed E-state index contributed by atoms with van der Waals surface area (Å²) in [4.78, 5) is 28.5. The largest absolute Gasteiger partial charge is 0.382 e. The number of rotatable bonds is 4. The molecule has 1 aliphatic heterocycles.